The van der Waals surface area contributed by atoms with E-state index >= 15 is 0 Å². The van der Waals surface area contributed by atoms with E-state index in [-0.39, 0.29) is 5.82 Å². The summed E-state index contributed by atoms with van der Waals surface area (Å²) in [6, 6.07) is 0. The molecule has 2 rings (SSSR count). The van der Waals surface area contributed by atoms with E-state index in [1.807, 2.05) is 6.92 Å². The van der Waals surface area contributed by atoms with E-state index in [4.69, 9.17) is 10.5 Å². The van der Waals surface area contributed by atoms with Gasteiger partial charge < -0.3 is 20.7 Å². The normalized spacial score (nSPS) is 32.9. The van der Waals surface area contributed by atoms with Crippen molar-refractivity contribution in [2.45, 2.75) is 37.9 Å². The molecule has 1 aromatic heterocycles. The molecule has 1 amide bonds. The molecule has 17 heavy (non-hydrogen) atoms. The third-order valence-electron chi connectivity index (χ3n) is 2.73. The number of hydrogen-bond acceptors (Lipinski definition) is 6. The molecule has 1 fully saturated rings. The van der Waals surface area contributed by atoms with Gasteiger partial charge in [-0.15, -0.1) is 5.10 Å². The molecule has 0 bridgehead atoms. The number of aliphatic hydroxyl groups excluding tert-OH is 2. The molecule has 0 spiro atoms. The van der Waals surface area contributed by atoms with Gasteiger partial charge in [0.25, 0.3) is 5.91 Å². The van der Waals surface area contributed by atoms with Crippen molar-refractivity contribution in [1.82, 2.24) is 14.8 Å². The van der Waals surface area contributed by atoms with Gasteiger partial charge in [-0.3, -0.25) is 4.79 Å². The van der Waals surface area contributed by atoms with Crippen LogP contribution in [-0.4, -0.2) is 49.2 Å². The molecule has 1 aliphatic rings. The molecule has 4 atom stereocenters. The number of primary amides is 1. The molecule has 4 N–H and O–H groups in total. The van der Waals surface area contributed by atoms with Crippen LogP contribution in [0.2, 0.25) is 0 Å². The lowest BCUT2D eigenvalue weighted by molar-refractivity contribution is -0.0451. The van der Waals surface area contributed by atoms with Crippen molar-refractivity contribution in [3.05, 3.63) is 12.2 Å². The first-order valence-electron chi connectivity index (χ1n) is 5.27. The van der Waals surface area contributed by atoms with Crippen LogP contribution in [0.5, 0.6) is 0 Å². The molecule has 8 nitrogen and oxygen atoms in total. The Balaban J connectivity index is 2.19. The lowest BCUT2D eigenvalue weighted by Crippen LogP contribution is -2.31. The Bertz CT molecular complexity index is 421. The average Bonchev–Trinajstić information content (AvgIpc) is 2.87. The summed E-state index contributed by atoms with van der Waals surface area (Å²) in [6.07, 6.45) is -1.61. The van der Waals surface area contributed by atoms with Crippen LogP contribution >= 0.6 is 0 Å². The monoisotopic (exact) mass is 242 g/mol. The van der Waals surface area contributed by atoms with Crippen LogP contribution in [0, 0.1) is 0 Å². The number of ether oxygens (including phenoxy) is 1. The lowest BCUT2D eigenvalue weighted by Gasteiger charge is -2.13. The molecule has 1 aromatic rings. The van der Waals surface area contributed by atoms with Crippen molar-refractivity contribution in [3.63, 3.8) is 0 Å². The Morgan fingerprint density at radius 3 is 2.76 bits per heavy atom. The molecule has 0 aliphatic carbocycles. The molecule has 0 radical (unpaired) electrons. The van der Waals surface area contributed by atoms with Crippen molar-refractivity contribution in [2.24, 2.45) is 5.73 Å². The molecule has 1 saturated heterocycles. The van der Waals surface area contributed by atoms with Gasteiger partial charge in [0.05, 0.1) is 6.10 Å². The van der Waals surface area contributed by atoms with Gasteiger partial charge in [0, 0.05) is 0 Å². The quantitative estimate of drug-likeness (QED) is 0.587. The smallest absolute Gasteiger partial charge is 0.288 e. The lowest BCUT2D eigenvalue weighted by atomic mass is 10.1. The SMILES string of the molecule is CCC1O[C@@H](n2cnc(C(N)=O)n2)[C@H](O)[C@@H]1O. The Hall–Kier alpha value is -1.51. The van der Waals surface area contributed by atoms with Gasteiger partial charge >= 0.3 is 0 Å². The Morgan fingerprint density at radius 1 is 1.59 bits per heavy atom. The number of aromatic nitrogens is 3. The summed E-state index contributed by atoms with van der Waals surface area (Å²) in [6.45, 7) is 1.83. The van der Waals surface area contributed by atoms with Crippen molar-refractivity contribution < 1.29 is 19.7 Å². The van der Waals surface area contributed by atoms with Crippen molar-refractivity contribution in [3.8, 4) is 0 Å². The number of carbonyl (C=O) groups is 1. The number of hydrogen-bond donors (Lipinski definition) is 3. The second kappa shape index (κ2) is 4.40. The molecular weight excluding hydrogens is 228 g/mol. The van der Waals surface area contributed by atoms with Gasteiger partial charge in [-0.2, -0.15) is 0 Å². The van der Waals surface area contributed by atoms with Crippen LogP contribution in [0.4, 0.5) is 0 Å². The standard InChI is InChI=1S/C9H14N4O4/c1-2-4-5(14)6(15)9(17-4)13-3-11-8(12-13)7(10)16/h3-6,9,14-15H,2H2,1H3,(H2,10,16)/t4?,5-,6-,9-/m1/s1. The number of amides is 1. The van der Waals surface area contributed by atoms with Crippen LogP contribution in [0.1, 0.15) is 30.2 Å². The predicted octanol–water partition coefficient (Wildman–Crippen LogP) is -1.59. The minimum Gasteiger partial charge on any atom is -0.388 e. The maximum Gasteiger partial charge on any atom is 0.288 e. The fraction of sp³-hybridized carbons (Fsp3) is 0.667. The maximum atomic E-state index is 10.8. The van der Waals surface area contributed by atoms with Crippen LogP contribution in [0.15, 0.2) is 6.33 Å². The molecule has 8 heteroatoms. The van der Waals surface area contributed by atoms with Gasteiger partial charge in [0.2, 0.25) is 5.82 Å². The molecule has 1 unspecified atom stereocenters. The number of nitrogens with two attached hydrogens (primary N) is 1. The first kappa shape index (κ1) is 12.0. The summed E-state index contributed by atoms with van der Waals surface area (Å²) in [5.74, 6) is -0.918. The van der Waals surface area contributed by atoms with E-state index in [0.29, 0.717) is 6.42 Å². The van der Waals surface area contributed by atoms with Crippen LogP contribution in [0.3, 0.4) is 0 Å². The number of carbonyl (C=O) groups excluding carboxylic acids is 1. The Morgan fingerprint density at radius 2 is 2.29 bits per heavy atom. The predicted molar refractivity (Wildman–Crippen MR) is 54.8 cm³/mol. The van der Waals surface area contributed by atoms with E-state index < -0.39 is 30.4 Å². The minimum absolute atomic E-state index is 0.157. The molecule has 94 valence electrons. The summed E-state index contributed by atoms with van der Waals surface area (Å²) >= 11 is 0. The Kier molecular flexibility index (Phi) is 3.09. The van der Waals surface area contributed by atoms with E-state index in [0.717, 1.165) is 0 Å². The fourth-order valence-electron chi connectivity index (χ4n) is 1.80. The van der Waals surface area contributed by atoms with Gasteiger partial charge in [-0.1, -0.05) is 6.92 Å². The number of nitrogens with zero attached hydrogens (tertiary/aromatic N) is 3. The molecule has 2 heterocycles. The van der Waals surface area contributed by atoms with E-state index in [9.17, 15) is 15.0 Å². The minimum atomic E-state index is -1.11. The number of rotatable bonds is 3. The zero-order chi connectivity index (χ0) is 12.6. The fourth-order valence-corrected chi connectivity index (χ4v) is 1.80. The summed E-state index contributed by atoms with van der Waals surface area (Å²) in [5.41, 5.74) is 5.01. The summed E-state index contributed by atoms with van der Waals surface area (Å²) in [4.78, 5) is 14.5. The first-order chi connectivity index (χ1) is 8.04. The van der Waals surface area contributed by atoms with Gasteiger partial charge in [0.15, 0.2) is 6.23 Å². The van der Waals surface area contributed by atoms with Crippen LogP contribution in [0.25, 0.3) is 0 Å². The zero-order valence-electron chi connectivity index (χ0n) is 9.22. The largest absolute Gasteiger partial charge is 0.388 e. The zero-order valence-corrected chi connectivity index (χ0v) is 9.22. The summed E-state index contributed by atoms with van der Waals surface area (Å²) < 4.78 is 6.61. The second-order valence-electron chi connectivity index (χ2n) is 3.87. The van der Waals surface area contributed by atoms with E-state index in [1.165, 1.54) is 11.0 Å². The van der Waals surface area contributed by atoms with Gasteiger partial charge in [0.1, 0.15) is 18.5 Å². The summed E-state index contributed by atoms with van der Waals surface area (Å²) in [5, 5.41) is 23.2. The first-order valence-corrected chi connectivity index (χ1v) is 5.27. The van der Waals surface area contributed by atoms with E-state index in [2.05, 4.69) is 10.1 Å². The topological polar surface area (TPSA) is 123 Å². The summed E-state index contributed by atoms with van der Waals surface area (Å²) in [7, 11) is 0. The van der Waals surface area contributed by atoms with Crippen LogP contribution < -0.4 is 5.73 Å². The van der Waals surface area contributed by atoms with Gasteiger partial charge in [-0.05, 0) is 6.42 Å². The molecule has 0 aromatic carbocycles. The highest BCUT2D eigenvalue weighted by atomic mass is 16.6. The molecule has 0 saturated carbocycles. The molecular formula is C9H14N4O4. The van der Waals surface area contributed by atoms with Crippen molar-refractivity contribution >= 4 is 5.91 Å². The highest BCUT2D eigenvalue weighted by Gasteiger charge is 2.43. The Labute approximate surface area is 97.0 Å². The van der Waals surface area contributed by atoms with Crippen LogP contribution in [-0.2, 0) is 4.74 Å². The average molecular weight is 242 g/mol. The number of aliphatic hydroxyl groups is 2. The van der Waals surface area contributed by atoms with Crippen molar-refractivity contribution in [1.29, 1.82) is 0 Å². The maximum absolute atomic E-state index is 10.8. The molecule has 1 aliphatic heterocycles. The third-order valence-corrected chi connectivity index (χ3v) is 2.73. The van der Waals surface area contributed by atoms with Gasteiger partial charge in [-0.25, -0.2) is 9.67 Å². The second-order valence-corrected chi connectivity index (χ2v) is 3.87. The van der Waals surface area contributed by atoms with Crippen molar-refractivity contribution in [2.75, 3.05) is 0 Å². The van der Waals surface area contributed by atoms with E-state index in [1.54, 1.807) is 0 Å². The highest BCUT2D eigenvalue weighted by Crippen LogP contribution is 2.29. The third kappa shape index (κ3) is 2.02. The highest BCUT2D eigenvalue weighted by molar-refractivity contribution is 5.88.